The van der Waals surface area contributed by atoms with Crippen molar-refractivity contribution in [1.29, 1.82) is 0 Å². The monoisotopic (exact) mass is 502 g/mol. The zero-order valence-corrected chi connectivity index (χ0v) is 23.6. The number of benzene rings is 2. The lowest BCUT2D eigenvalue weighted by molar-refractivity contribution is -0.144. The molecule has 0 N–H and O–H groups in total. The van der Waals surface area contributed by atoms with Crippen LogP contribution < -0.4 is 9.47 Å². The summed E-state index contributed by atoms with van der Waals surface area (Å²) < 4.78 is 29.2. The predicted octanol–water partition coefficient (Wildman–Crippen LogP) is 6.18. The van der Waals surface area contributed by atoms with Crippen molar-refractivity contribution in [1.82, 2.24) is 0 Å². The summed E-state index contributed by atoms with van der Waals surface area (Å²) in [4.78, 5) is 12.6. The summed E-state index contributed by atoms with van der Waals surface area (Å²) in [5.41, 5.74) is 1.96. The molecule has 35 heavy (non-hydrogen) atoms. The summed E-state index contributed by atoms with van der Waals surface area (Å²) in [5.74, 6) is 1.50. The third kappa shape index (κ3) is 9.07. The molecule has 0 bridgehead atoms. The quantitative estimate of drug-likeness (QED) is 0.288. The number of hydrogen-bond acceptors (Lipinski definition) is 6. The first-order valence-corrected chi connectivity index (χ1v) is 15.0. The van der Waals surface area contributed by atoms with E-state index in [1.807, 2.05) is 48.5 Å². The van der Waals surface area contributed by atoms with Crippen molar-refractivity contribution in [3.8, 4) is 11.5 Å². The largest absolute Gasteiger partial charge is 0.497 e. The average molecular weight is 503 g/mol. The van der Waals surface area contributed by atoms with Crippen LogP contribution in [0.4, 0.5) is 0 Å². The Labute approximate surface area is 212 Å². The van der Waals surface area contributed by atoms with Gasteiger partial charge in [-0.2, -0.15) is 0 Å². The molecule has 2 aromatic carbocycles. The van der Waals surface area contributed by atoms with Gasteiger partial charge in [-0.05, 0) is 66.9 Å². The van der Waals surface area contributed by atoms with Gasteiger partial charge in [-0.1, -0.05) is 45.0 Å². The fourth-order valence-corrected chi connectivity index (χ4v) is 4.35. The van der Waals surface area contributed by atoms with Gasteiger partial charge in [-0.25, -0.2) is 0 Å². The highest BCUT2D eigenvalue weighted by molar-refractivity contribution is 6.74. The van der Waals surface area contributed by atoms with Gasteiger partial charge in [0, 0.05) is 6.61 Å². The Morgan fingerprint density at radius 1 is 0.829 bits per heavy atom. The Morgan fingerprint density at radius 3 is 1.69 bits per heavy atom. The Bertz CT molecular complexity index is 903. The van der Waals surface area contributed by atoms with E-state index in [9.17, 15) is 4.79 Å². The molecule has 194 valence electrons. The highest BCUT2D eigenvalue weighted by atomic mass is 28.4. The lowest BCUT2D eigenvalue weighted by Gasteiger charge is -2.37. The summed E-state index contributed by atoms with van der Waals surface area (Å²) >= 11 is 0. The van der Waals surface area contributed by atoms with Crippen LogP contribution in [-0.2, 0) is 31.9 Å². The Hall–Kier alpha value is -2.19. The van der Waals surface area contributed by atoms with E-state index in [0.717, 1.165) is 22.6 Å². The number of methoxy groups -OCH3 is 2. The van der Waals surface area contributed by atoms with Crippen LogP contribution >= 0.6 is 0 Å². The van der Waals surface area contributed by atoms with Crippen LogP contribution in [0.25, 0.3) is 0 Å². The van der Waals surface area contributed by atoms with E-state index >= 15 is 0 Å². The fourth-order valence-electron chi connectivity index (χ4n) is 3.29. The highest BCUT2D eigenvalue weighted by Gasteiger charge is 2.37. The van der Waals surface area contributed by atoms with E-state index in [-0.39, 0.29) is 10.8 Å². The molecule has 6 nitrogen and oxygen atoms in total. The van der Waals surface area contributed by atoms with Gasteiger partial charge in [0.15, 0.2) is 14.1 Å². The van der Waals surface area contributed by atoms with Gasteiger partial charge in [0.2, 0.25) is 0 Å². The molecule has 0 amide bonds. The summed E-state index contributed by atoms with van der Waals surface area (Å²) in [5, 5.41) is 0.108. The number of rotatable bonds is 14. The topological polar surface area (TPSA) is 63.2 Å². The van der Waals surface area contributed by atoms with E-state index in [2.05, 4.69) is 33.9 Å². The second-order valence-electron chi connectivity index (χ2n) is 10.3. The standard InChI is InChI=1S/C28H42O6Si/c1-21(29)27(33-20-23-11-15-25(31-6)16-12-23)26(17-18-34-35(7,8)28(2,3)4)32-19-22-9-13-24(30-5)14-10-22/h9-16,26-27H,17-20H2,1-8H3/t26-,27-/m0/s1. The number of Topliss-reactive ketones (excluding diaryl/α,β-unsaturated/α-hetero) is 1. The van der Waals surface area contributed by atoms with Crippen molar-refractivity contribution in [3.05, 3.63) is 59.7 Å². The van der Waals surface area contributed by atoms with Crippen LogP contribution in [0.15, 0.2) is 48.5 Å². The first-order chi connectivity index (χ1) is 16.5. The molecule has 0 spiro atoms. The zero-order valence-electron chi connectivity index (χ0n) is 22.6. The SMILES string of the molecule is COc1ccc(CO[C@@H](CCO[Si](C)(C)C(C)(C)C)[C@@H](OCc2ccc(OC)cc2)C(C)=O)cc1. The fraction of sp³-hybridized carbons (Fsp3) is 0.536. The number of ether oxygens (including phenoxy) is 4. The van der Waals surface area contributed by atoms with Gasteiger partial charge in [-0.3, -0.25) is 4.79 Å². The van der Waals surface area contributed by atoms with Crippen LogP contribution in [0.2, 0.25) is 18.1 Å². The van der Waals surface area contributed by atoms with Crippen LogP contribution in [-0.4, -0.2) is 47.1 Å². The molecule has 2 rings (SSSR count). The van der Waals surface area contributed by atoms with Crippen molar-refractivity contribution in [2.75, 3.05) is 20.8 Å². The lowest BCUT2D eigenvalue weighted by Crippen LogP contribution is -2.43. The number of hydrogen-bond donors (Lipinski definition) is 0. The maximum atomic E-state index is 12.6. The molecule has 0 saturated carbocycles. The molecule has 2 aromatic rings. The van der Waals surface area contributed by atoms with E-state index in [1.165, 1.54) is 0 Å². The van der Waals surface area contributed by atoms with Crippen molar-refractivity contribution >= 4 is 14.1 Å². The predicted molar refractivity (Wildman–Crippen MR) is 142 cm³/mol. The lowest BCUT2D eigenvalue weighted by atomic mass is 10.1. The van der Waals surface area contributed by atoms with Crippen molar-refractivity contribution in [2.24, 2.45) is 0 Å². The Kier molecular flexibility index (Phi) is 11.0. The molecule has 0 aliphatic rings. The molecule has 2 atom stereocenters. The zero-order chi connectivity index (χ0) is 26.1. The molecule has 0 radical (unpaired) electrons. The molecular formula is C28H42O6Si. The third-order valence-corrected chi connectivity index (χ3v) is 11.2. The van der Waals surface area contributed by atoms with Crippen molar-refractivity contribution in [3.63, 3.8) is 0 Å². The highest BCUT2D eigenvalue weighted by Crippen LogP contribution is 2.36. The second-order valence-corrected chi connectivity index (χ2v) is 15.1. The summed E-state index contributed by atoms with van der Waals surface area (Å²) in [7, 11) is 1.35. The van der Waals surface area contributed by atoms with E-state index < -0.39 is 20.5 Å². The minimum Gasteiger partial charge on any atom is -0.497 e. The van der Waals surface area contributed by atoms with Crippen LogP contribution in [0.3, 0.4) is 0 Å². The summed E-state index contributed by atoms with van der Waals surface area (Å²) in [6.07, 6.45) is -0.564. The average Bonchev–Trinajstić information content (AvgIpc) is 2.81. The Morgan fingerprint density at radius 2 is 1.29 bits per heavy atom. The third-order valence-electron chi connectivity index (χ3n) is 6.62. The molecule has 0 unspecified atom stereocenters. The maximum Gasteiger partial charge on any atom is 0.191 e. The van der Waals surface area contributed by atoms with Gasteiger partial charge < -0.3 is 23.4 Å². The molecule has 0 aromatic heterocycles. The smallest absolute Gasteiger partial charge is 0.191 e. The maximum absolute atomic E-state index is 12.6. The minimum absolute atomic E-state index is 0.0643. The van der Waals surface area contributed by atoms with Crippen LogP contribution in [0, 0.1) is 0 Å². The molecule has 0 fully saturated rings. The molecule has 7 heteroatoms. The van der Waals surface area contributed by atoms with Gasteiger partial charge in [0.1, 0.15) is 17.6 Å². The number of carbonyl (C=O) groups is 1. The van der Waals surface area contributed by atoms with Crippen LogP contribution in [0.5, 0.6) is 11.5 Å². The molecule has 0 aliphatic carbocycles. The normalized spacial score (nSPS) is 13.8. The van der Waals surface area contributed by atoms with E-state index in [4.69, 9.17) is 23.4 Å². The summed E-state index contributed by atoms with van der Waals surface area (Å²) in [6.45, 7) is 13.8. The van der Waals surface area contributed by atoms with E-state index in [1.54, 1.807) is 21.1 Å². The van der Waals surface area contributed by atoms with Crippen molar-refractivity contribution in [2.45, 2.75) is 77.7 Å². The minimum atomic E-state index is -1.92. The summed E-state index contributed by atoms with van der Waals surface area (Å²) in [6, 6.07) is 15.4. The van der Waals surface area contributed by atoms with Gasteiger partial charge in [-0.15, -0.1) is 0 Å². The van der Waals surface area contributed by atoms with E-state index in [0.29, 0.717) is 26.2 Å². The van der Waals surface area contributed by atoms with Gasteiger partial charge in [0.25, 0.3) is 0 Å². The second kappa shape index (κ2) is 13.2. The van der Waals surface area contributed by atoms with Gasteiger partial charge >= 0.3 is 0 Å². The van der Waals surface area contributed by atoms with Crippen LogP contribution in [0.1, 0.15) is 45.2 Å². The molecule has 0 aliphatic heterocycles. The Balaban J connectivity index is 2.12. The number of ketones is 1. The first-order valence-electron chi connectivity index (χ1n) is 12.1. The molecule has 0 heterocycles. The first kappa shape index (κ1) is 29.0. The molecular weight excluding hydrogens is 460 g/mol. The number of carbonyl (C=O) groups excluding carboxylic acids is 1. The molecule has 0 saturated heterocycles. The van der Waals surface area contributed by atoms with Crippen molar-refractivity contribution < 1.29 is 28.2 Å². The van der Waals surface area contributed by atoms with Gasteiger partial charge in [0.05, 0.1) is 33.5 Å².